The van der Waals surface area contributed by atoms with Crippen LogP contribution in [-0.2, 0) is 14.3 Å². The van der Waals surface area contributed by atoms with Crippen molar-refractivity contribution in [2.75, 3.05) is 6.61 Å². The molecule has 19 heavy (non-hydrogen) atoms. The number of amides is 1. The predicted octanol–water partition coefficient (Wildman–Crippen LogP) is 1.18. The van der Waals surface area contributed by atoms with E-state index in [1.54, 1.807) is 13.1 Å². The minimum Gasteiger partial charge on any atom is -0.459 e. The Bertz CT molecular complexity index is 631. The third kappa shape index (κ3) is 2.98. The first kappa shape index (κ1) is 12.8. The number of rotatable bonds is 3. The molecule has 0 radical (unpaired) electrons. The van der Waals surface area contributed by atoms with E-state index in [0.717, 1.165) is 16.5 Å². The number of nitrogens with zero attached hydrogens (tertiary/aromatic N) is 1. The van der Waals surface area contributed by atoms with Crippen LogP contribution in [0.3, 0.4) is 0 Å². The fourth-order valence-electron chi connectivity index (χ4n) is 1.60. The molecule has 0 atom stereocenters. The molecule has 0 saturated carbocycles. The highest BCUT2D eigenvalue weighted by molar-refractivity contribution is 6.32. The van der Waals surface area contributed by atoms with Gasteiger partial charge in [-0.1, -0.05) is 18.2 Å². The van der Waals surface area contributed by atoms with E-state index in [-0.39, 0.29) is 6.61 Å². The summed E-state index contributed by atoms with van der Waals surface area (Å²) in [6, 6.07) is 7.69. The highest BCUT2D eigenvalue weighted by atomic mass is 16.5. The Balaban J connectivity index is 2.03. The number of fused-ring (bicyclic) bond motifs is 1. The number of ether oxygens (including phenoxy) is 1. The lowest BCUT2D eigenvalue weighted by Crippen LogP contribution is -2.28. The molecule has 2 rings (SSSR count). The molecule has 0 unspecified atom stereocenters. The maximum absolute atomic E-state index is 11.2. The highest BCUT2D eigenvalue weighted by Gasteiger charge is 2.12. The molecule has 98 valence electrons. The van der Waals surface area contributed by atoms with Crippen LogP contribution in [0.5, 0.6) is 0 Å². The summed E-state index contributed by atoms with van der Waals surface area (Å²) in [5, 5.41) is 4.70. The Labute approximate surface area is 109 Å². The molecule has 1 aromatic carbocycles. The summed E-state index contributed by atoms with van der Waals surface area (Å²) in [6.07, 6.45) is 3.24. The molecule has 2 N–H and O–H groups in total. The number of esters is 1. The van der Waals surface area contributed by atoms with Crippen molar-refractivity contribution >= 4 is 29.0 Å². The van der Waals surface area contributed by atoms with Crippen LogP contribution in [0.2, 0.25) is 0 Å². The minimum absolute atomic E-state index is 0.151. The first-order chi connectivity index (χ1) is 9.22. The lowest BCUT2D eigenvalue weighted by atomic mass is 10.2. The van der Waals surface area contributed by atoms with E-state index in [1.165, 1.54) is 6.21 Å². The molecule has 6 nitrogen and oxygen atoms in total. The van der Waals surface area contributed by atoms with Gasteiger partial charge in [-0.25, -0.2) is 10.2 Å². The van der Waals surface area contributed by atoms with E-state index in [9.17, 15) is 9.59 Å². The van der Waals surface area contributed by atoms with Gasteiger partial charge in [0.05, 0.1) is 12.8 Å². The molecule has 2 aromatic rings. The number of aromatic amines is 1. The molecular weight excluding hydrogens is 246 g/mol. The van der Waals surface area contributed by atoms with Gasteiger partial charge in [0, 0.05) is 22.7 Å². The van der Waals surface area contributed by atoms with Crippen LogP contribution in [0.1, 0.15) is 12.5 Å². The van der Waals surface area contributed by atoms with Gasteiger partial charge in [-0.05, 0) is 13.0 Å². The van der Waals surface area contributed by atoms with Crippen LogP contribution in [0.4, 0.5) is 0 Å². The second-order valence-electron chi connectivity index (χ2n) is 3.71. The Morgan fingerprint density at radius 2 is 2.21 bits per heavy atom. The van der Waals surface area contributed by atoms with E-state index in [2.05, 4.69) is 20.2 Å². The standard InChI is InChI=1S/C13H13N3O3/c1-2-19-13(18)12(17)16-15-8-9-7-14-11-6-4-3-5-10(9)11/h3-8,14H,2H2,1H3,(H,16,17). The van der Waals surface area contributed by atoms with Gasteiger partial charge in [0.25, 0.3) is 0 Å². The van der Waals surface area contributed by atoms with Gasteiger partial charge in [-0.15, -0.1) is 0 Å². The lowest BCUT2D eigenvalue weighted by Gasteiger charge is -1.98. The highest BCUT2D eigenvalue weighted by Crippen LogP contribution is 2.15. The first-order valence-electron chi connectivity index (χ1n) is 5.78. The van der Waals surface area contributed by atoms with E-state index >= 15 is 0 Å². The van der Waals surface area contributed by atoms with E-state index in [1.807, 2.05) is 24.3 Å². The second-order valence-corrected chi connectivity index (χ2v) is 3.71. The molecule has 0 aliphatic heterocycles. The fourth-order valence-corrected chi connectivity index (χ4v) is 1.60. The van der Waals surface area contributed by atoms with Crippen molar-refractivity contribution < 1.29 is 14.3 Å². The van der Waals surface area contributed by atoms with Crippen molar-refractivity contribution in [2.45, 2.75) is 6.92 Å². The SMILES string of the molecule is CCOC(=O)C(=O)NN=Cc1c[nH]c2ccccc12. The monoisotopic (exact) mass is 259 g/mol. The molecule has 0 spiro atoms. The number of aromatic nitrogens is 1. The zero-order valence-corrected chi connectivity index (χ0v) is 10.3. The molecule has 0 aliphatic carbocycles. The van der Waals surface area contributed by atoms with Gasteiger partial charge in [-0.3, -0.25) is 4.79 Å². The maximum Gasteiger partial charge on any atom is 0.398 e. The molecule has 6 heteroatoms. The number of carbonyl (C=O) groups is 2. The third-order valence-corrected chi connectivity index (χ3v) is 2.45. The Morgan fingerprint density at radius 3 is 3.00 bits per heavy atom. The lowest BCUT2D eigenvalue weighted by molar-refractivity contribution is -0.154. The molecule has 0 bridgehead atoms. The predicted molar refractivity (Wildman–Crippen MR) is 70.7 cm³/mol. The van der Waals surface area contributed by atoms with Crippen molar-refractivity contribution in [1.82, 2.24) is 10.4 Å². The van der Waals surface area contributed by atoms with Crippen molar-refractivity contribution in [3.05, 3.63) is 36.0 Å². The zero-order valence-electron chi connectivity index (χ0n) is 10.3. The maximum atomic E-state index is 11.2. The average molecular weight is 259 g/mol. The largest absolute Gasteiger partial charge is 0.459 e. The molecular formula is C13H13N3O3. The van der Waals surface area contributed by atoms with Crippen molar-refractivity contribution in [3.8, 4) is 0 Å². The van der Waals surface area contributed by atoms with Crippen molar-refractivity contribution in [3.63, 3.8) is 0 Å². The van der Waals surface area contributed by atoms with Gasteiger partial charge in [0.2, 0.25) is 0 Å². The van der Waals surface area contributed by atoms with E-state index in [4.69, 9.17) is 0 Å². The van der Waals surface area contributed by atoms with Crippen LogP contribution in [0.15, 0.2) is 35.6 Å². The van der Waals surface area contributed by atoms with Crippen LogP contribution in [0, 0.1) is 0 Å². The molecule has 0 fully saturated rings. The number of nitrogens with one attached hydrogen (secondary N) is 2. The van der Waals surface area contributed by atoms with E-state index in [0.29, 0.717) is 0 Å². The Morgan fingerprint density at radius 1 is 1.42 bits per heavy atom. The number of para-hydroxylation sites is 1. The van der Waals surface area contributed by atoms with Crippen LogP contribution >= 0.6 is 0 Å². The summed E-state index contributed by atoms with van der Waals surface area (Å²) in [6.45, 7) is 1.78. The summed E-state index contributed by atoms with van der Waals surface area (Å²) < 4.78 is 4.53. The summed E-state index contributed by atoms with van der Waals surface area (Å²) in [7, 11) is 0. The van der Waals surface area contributed by atoms with Gasteiger partial charge >= 0.3 is 11.9 Å². The number of hydrazone groups is 1. The third-order valence-electron chi connectivity index (χ3n) is 2.45. The van der Waals surface area contributed by atoms with Crippen LogP contribution < -0.4 is 5.43 Å². The summed E-state index contributed by atoms with van der Waals surface area (Å²) in [5.74, 6) is -1.84. The quantitative estimate of drug-likeness (QED) is 0.376. The minimum atomic E-state index is -0.946. The normalized spacial score (nSPS) is 10.8. The van der Waals surface area contributed by atoms with Gasteiger partial charge in [0.15, 0.2) is 0 Å². The number of carbonyl (C=O) groups excluding carboxylic acids is 2. The molecule has 1 aromatic heterocycles. The van der Waals surface area contributed by atoms with Gasteiger partial charge in [0.1, 0.15) is 0 Å². The van der Waals surface area contributed by atoms with Crippen LogP contribution in [-0.4, -0.2) is 29.7 Å². The number of hydrogen-bond donors (Lipinski definition) is 2. The van der Waals surface area contributed by atoms with Gasteiger partial charge < -0.3 is 9.72 Å². The van der Waals surface area contributed by atoms with Crippen molar-refractivity contribution in [2.24, 2.45) is 5.10 Å². The Hall–Kier alpha value is -2.63. The fraction of sp³-hybridized carbons (Fsp3) is 0.154. The van der Waals surface area contributed by atoms with Crippen molar-refractivity contribution in [1.29, 1.82) is 0 Å². The molecule has 0 aliphatic rings. The number of hydrogen-bond acceptors (Lipinski definition) is 4. The van der Waals surface area contributed by atoms with E-state index < -0.39 is 11.9 Å². The second kappa shape index (κ2) is 5.81. The zero-order chi connectivity index (χ0) is 13.7. The Kier molecular flexibility index (Phi) is 3.92. The number of benzene rings is 1. The molecule has 0 saturated heterocycles. The molecule has 1 heterocycles. The summed E-state index contributed by atoms with van der Waals surface area (Å²) >= 11 is 0. The topological polar surface area (TPSA) is 83.6 Å². The number of H-pyrrole nitrogens is 1. The van der Waals surface area contributed by atoms with Gasteiger partial charge in [-0.2, -0.15) is 5.10 Å². The first-order valence-corrected chi connectivity index (χ1v) is 5.78. The van der Waals surface area contributed by atoms with Crippen LogP contribution in [0.25, 0.3) is 10.9 Å². The molecule has 1 amide bonds. The summed E-state index contributed by atoms with van der Waals surface area (Å²) in [5.41, 5.74) is 3.90. The summed E-state index contributed by atoms with van der Waals surface area (Å²) in [4.78, 5) is 25.3. The average Bonchev–Trinajstić information content (AvgIpc) is 2.82. The smallest absolute Gasteiger partial charge is 0.398 e.